The van der Waals surface area contributed by atoms with Crippen LogP contribution in [0.3, 0.4) is 0 Å². The van der Waals surface area contributed by atoms with Gasteiger partial charge in [0.2, 0.25) is 5.13 Å². The van der Waals surface area contributed by atoms with E-state index in [0.717, 1.165) is 17.0 Å². The van der Waals surface area contributed by atoms with E-state index in [0.29, 0.717) is 32.4 Å². The van der Waals surface area contributed by atoms with Crippen molar-refractivity contribution in [1.82, 2.24) is 25.2 Å². The Balaban J connectivity index is 1.22. The van der Waals surface area contributed by atoms with Crippen molar-refractivity contribution < 1.29 is 14.7 Å². The number of phenolic OH excluding ortho intramolecular Hbond substituents is 1. The van der Waals surface area contributed by atoms with Crippen LogP contribution in [-0.2, 0) is 0 Å². The van der Waals surface area contributed by atoms with Crippen molar-refractivity contribution in [2.45, 2.75) is 0 Å². The van der Waals surface area contributed by atoms with Crippen LogP contribution in [0.1, 0.15) is 20.7 Å². The summed E-state index contributed by atoms with van der Waals surface area (Å²) in [4.78, 5) is 26.7. The first-order valence-electron chi connectivity index (χ1n) is 10.6. The van der Waals surface area contributed by atoms with Crippen molar-refractivity contribution in [1.29, 1.82) is 0 Å². The Hall–Kier alpha value is -4.32. The number of benzene rings is 3. The van der Waals surface area contributed by atoms with Crippen LogP contribution in [0.4, 0.5) is 10.8 Å². The van der Waals surface area contributed by atoms with Gasteiger partial charge in [-0.1, -0.05) is 34.5 Å². The second kappa shape index (κ2) is 10.3. The molecule has 0 atom stereocenters. The molecule has 0 unspecified atom stereocenters. The highest BCUT2D eigenvalue weighted by atomic mass is 35.5. The molecular weight excluding hydrogens is 537 g/mol. The largest absolute Gasteiger partial charge is 0.506 e. The monoisotopic (exact) mass is 551 g/mol. The zero-order valence-electron chi connectivity index (χ0n) is 18.6. The van der Waals surface area contributed by atoms with Crippen LogP contribution in [0.25, 0.3) is 16.3 Å². The van der Waals surface area contributed by atoms with Crippen molar-refractivity contribution in [3.63, 3.8) is 0 Å². The lowest BCUT2D eigenvalue weighted by molar-refractivity contribution is 0.101. The molecule has 2 aromatic heterocycles. The third kappa shape index (κ3) is 5.43. The highest BCUT2D eigenvalue weighted by molar-refractivity contribution is 7.18. The maximum atomic E-state index is 12.7. The number of halogens is 2. The number of anilines is 2. The van der Waals surface area contributed by atoms with Crippen molar-refractivity contribution in [3.8, 4) is 22.0 Å². The number of carbonyl (C=O) groups excluding carboxylic acids is 2. The van der Waals surface area contributed by atoms with Gasteiger partial charge in [-0.3, -0.25) is 14.9 Å². The Morgan fingerprint density at radius 2 is 1.46 bits per heavy atom. The molecule has 3 aromatic carbocycles. The predicted molar refractivity (Wildman–Crippen MR) is 141 cm³/mol. The summed E-state index contributed by atoms with van der Waals surface area (Å²) in [5.41, 5.74) is 2.35. The number of nitrogens with zero attached hydrogens (tertiary/aromatic N) is 5. The number of carbonyl (C=O) groups is 2. The molecule has 2 heterocycles. The highest BCUT2D eigenvalue weighted by Crippen LogP contribution is 2.39. The lowest BCUT2D eigenvalue weighted by Crippen LogP contribution is -2.14. The zero-order chi connectivity index (χ0) is 25.9. The van der Waals surface area contributed by atoms with Gasteiger partial charge in [0.05, 0.1) is 28.7 Å². The van der Waals surface area contributed by atoms with Crippen LogP contribution in [0.15, 0.2) is 73.1 Å². The fourth-order valence-electron chi connectivity index (χ4n) is 3.28. The molecule has 0 saturated carbocycles. The molecule has 0 bridgehead atoms. The highest BCUT2D eigenvalue weighted by Gasteiger charge is 2.17. The molecule has 3 N–H and O–H groups in total. The molecule has 0 spiro atoms. The van der Waals surface area contributed by atoms with Crippen LogP contribution in [0.2, 0.25) is 10.0 Å². The average Bonchev–Trinajstić information content (AvgIpc) is 3.59. The Kier molecular flexibility index (Phi) is 6.82. The minimum Gasteiger partial charge on any atom is -0.506 e. The minimum atomic E-state index is -0.439. The predicted octanol–water partition coefficient (Wildman–Crippen LogP) is 5.30. The summed E-state index contributed by atoms with van der Waals surface area (Å²) in [6, 6.07) is 16.1. The van der Waals surface area contributed by atoms with Crippen molar-refractivity contribution in [2.24, 2.45) is 0 Å². The molecule has 10 nitrogen and oxygen atoms in total. The number of aromatic nitrogens is 5. The van der Waals surface area contributed by atoms with E-state index in [2.05, 4.69) is 31.0 Å². The summed E-state index contributed by atoms with van der Waals surface area (Å²) in [5.74, 6) is -0.948. The Morgan fingerprint density at radius 1 is 0.838 bits per heavy atom. The number of hydrogen-bond acceptors (Lipinski definition) is 8. The summed E-state index contributed by atoms with van der Waals surface area (Å²) in [7, 11) is 0. The summed E-state index contributed by atoms with van der Waals surface area (Å²) in [6.07, 6.45) is 3.15. The lowest BCUT2D eigenvalue weighted by Gasteiger charge is -2.07. The molecule has 5 rings (SSSR count). The Labute approximate surface area is 223 Å². The van der Waals surface area contributed by atoms with Crippen LogP contribution < -0.4 is 10.6 Å². The average molecular weight is 552 g/mol. The summed E-state index contributed by atoms with van der Waals surface area (Å²) in [5, 5.41) is 32.6. The second-order valence-corrected chi connectivity index (χ2v) is 9.37. The van der Waals surface area contributed by atoms with E-state index >= 15 is 0 Å². The van der Waals surface area contributed by atoms with E-state index in [-0.39, 0.29) is 21.8 Å². The van der Waals surface area contributed by atoms with Crippen molar-refractivity contribution in [2.75, 3.05) is 10.6 Å². The zero-order valence-corrected chi connectivity index (χ0v) is 20.9. The molecule has 0 aliphatic heterocycles. The van der Waals surface area contributed by atoms with Gasteiger partial charge in [-0.2, -0.15) is 15.0 Å². The maximum absolute atomic E-state index is 12.7. The molecule has 184 valence electrons. The van der Waals surface area contributed by atoms with E-state index in [4.69, 9.17) is 23.2 Å². The van der Waals surface area contributed by atoms with Crippen molar-refractivity contribution in [3.05, 3.63) is 94.2 Å². The fourth-order valence-corrected chi connectivity index (χ4v) is 4.53. The first-order valence-corrected chi connectivity index (χ1v) is 12.2. The van der Waals surface area contributed by atoms with E-state index in [9.17, 15) is 14.7 Å². The number of amides is 2. The molecule has 0 aliphatic rings. The lowest BCUT2D eigenvalue weighted by atomic mass is 10.1. The van der Waals surface area contributed by atoms with Crippen molar-refractivity contribution >= 4 is 57.2 Å². The Bertz CT molecular complexity index is 1590. The SMILES string of the molecule is O=C(Nc1ccc(-n2nccn2)cc1)c1ccc(C(=O)Nc2nnc(-c3cc(Cl)cc(Cl)c3O)s2)cc1. The molecule has 13 heteroatoms. The maximum Gasteiger partial charge on any atom is 0.257 e. The molecule has 0 aliphatic carbocycles. The van der Waals surface area contributed by atoms with E-state index in [1.54, 1.807) is 48.8 Å². The Morgan fingerprint density at radius 3 is 2.11 bits per heavy atom. The standard InChI is InChI=1S/C24H15Cl2N7O3S/c25-15-11-18(20(34)19(26)12-15)23-31-32-24(37-23)30-22(36)14-3-1-13(2-4-14)21(35)29-16-5-7-17(8-6-16)33-27-9-10-28-33/h1-12,34H,(H,29,35)(H,30,32,36). The van der Waals surface area contributed by atoms with Gasteiger partial charge >= 0.3 is 0 Å². The molecule has 0 fully saturated rings. The smallest absolute Gasteiger partial charge is 0.257 e. The quantitative estimate of drug-likeness (QED) is 0.260. The second-order valence-electron chi connectivity index (χ2n) is 7.55. The number of nitrogens with one attached hydrogen (secondary N) is 2. The van der Waals surface area contributed by atoms with Gasteiger partial charge in [-0.25, -0.2) is 0 Å². The van der Waals surface area contributed by atoms with Gasteiger partial charge in [0.25, 0.3) is 11.8 Å². The van der Waals surface area contributed by atoms with Gasteiger partial charge in [0, 0.05) is 21.8 Å². The van der Waals surface area contributed by atoms with Gasteiger partial charge in [0.1, 0.15) is 5.75 Å². The molecule has 0 saturated heterocycles. The number of rotatable bonds is 6. The van der Waals surface area contributed by atoms with Crippen LogP contribution in [0, 0.1) is 0 Å². The molecule has 2 amide bonds. The normalized spacial score (nSPS) is 10.8. The van der Waals surface area contributed by atoms with Crippen LogP contribution >= 0.6 is 34.5 Å². The van der Waals surface area contributed by atoms with Gasteiger partial charge in [0.15, 0.2) is 5.01 Å². The number of phenols is 1. The molecule has 5 aromatic rings. The van der Waals surface area contributed by atoms with E-state index in [1.807, 2.05) is 0 Å². The fraction of sp³-hybridized carbons (Fsp3) is 0. The third-order valence-corrected chi connectivity index (χ3v) is 6.47. The number of aromatic hydroxyl groups is 1. The summed E-state index contributed by atoms with van der Waals surface area (Å²) < 4.78 is 0. The topological polar surface area (TPSA) is 135 Å². The van der Waals surface area contributed by atoms with Gasteiger partial charge in [-0.15, -0.1) is 10.2 Å². The third-order valence-electron chi connectivity index (χ3n) is 5.09. The summed E-state index contributed by atoms with van der Waals surface area (Å²) >= 11 is 13.0. The first kappa shape index (κ1) is 24.4. The van der Waals surface area contributed by atoms with Gasteiger partial charge < -0.3 is 10.4 Å². The molecule has 37 heavy (non-hydrogen) atoms. The van der Waals surface area contributed by atoms with Crippen LogP contribution in [-0.4, -0.2) is 42.1 Å². The molecule has 0 radical (unpaired) electrons. The molecular formula is C24H15Cl2N7O3S. The van der Waals surface area contributed by atoms with Crippen LogP contribution in [0.5, 0.6) is 5.75 Å². The number of hydrogen-bond donors (Lipinski definition) is 3. The first-order chi connectivity index (χ1) is 17.9. The van der Waals surface area contributed by atoms with E-state index in [1.165, 1.54) is 29.1 Å². The minimum absolute atomic E-state index is 0.0796. The van der Waals surface area contributed by atoms with Gasteiger partial charge in [-0.05, 0) is 60.7 Å². The summed E-state index contributed by atoms with van der Waals surface area (Å²) in [6.45, 7) is 0. The van der Waals surface area contributed by atoms with E-state index < -0.39 is 5.91 Å².